The predicted octanol–water partition coefficient (Wildman–Crippen LogP) is -0.757. The minimum atomic E-state index is -5.54. The van der Waals surface area contributed by atoms with E-state index in [0.717, 1.165) is 7.27 Å². The van der Waals surface area contributed by atoms with Crippen molar-refractivity contribution in [2.45, 2.75) is 31.7 Å². The van der Waals surface area contributed by atoms with E-state index in [4.69, 9.17) is 24.1 Å². The average molecular weight is 409 g/mol. The molecule has 1 heterocycles. The van der Waals surface area contributed by atoms with E-state index in [1.807, 2.05) is 0 Å². The van der Waals surface area contributed by atoms with Crippen molar-refractivity contribution in [3.63, 3.8) is 0 Å². The molecule has 0 aromatic heterocycles. The van der Waals surface area contributed by atoms with Gasteiger partial charge in [-0.05, 0) is 0 Å². The van der Waals surface area contributed by atoms with Gasteiger partial charge < -0.3 is 0 Å². The summed E-state index contributed by atoms with van der Waals surface area (Å²) in [6.45, 7) is 1.17. The summed E-state index contributed by atoms with van der Waals surface area (Å²) in [5.41, 5.74) is 0. The Hall–Kier alpha value is 0.0999. The molecule has 13 nitrogen and oxygen atoms in total. The second-order valence-electron chi connectivity index (χ2n) is 4.65. The van der Waals surface area contributed by atoms with Crippen molar-refractivity contribution in [1.29, 1.82) is 0 Å². The van der Waals surface area contributed by atoms with Crippen LogP contribution in [0.1, 0.15) is 13.3 Å². The SMILES string of the molecule is BN=BO[C@@H]1C[C@H](C)O[C@@H]1COP(=O)(O)OP(=O)(O)OP(=O)(O)O. The van der Waals surface area contributed by atoms with E-state index in [1.54, 1.807) is 6.92 Å². The van der Waals surface area contributed by atoms with Gasteiger partial charge in [0.15, 0.2) is 0 Å². The van der Waals surface area contributed by atoms with Crippen LogP contribution in [0.15, 0.2) is 4.81 Å². The average Bonchev–Trinajstić information content (AvgIpc) is 2.70. The first-order chi connectivity index (χ1) is 10.8. The van der Waals surface area contributed by atoms with Gasteiger partial charge in [-0.15, -0.1) is 0 Å². The van der Waals surface area contributed by atoms with E-state index < -0.39 is 42.3 Å². The van der Waals surface area contributed by atoms with Crippen LogP contribution in [0.5, 0.6) is 0 Å². The Kier molecular flexibility index (Phi) is 7.99. The second kappa shape index (κ2) is 8.66. The molecule has 2 unspecified atom stereocenters. The van der Waals surface area contributed by atoms with E-state index in [9.17, 15) is 18.6 Å². The van der Waals surface area contributed by atoms with Crippen molar-refractivity contribution in [2.24, 2.45) is 4.81 Å². The summed E-state index contributed by atoms with van der Waals surface area (Å²) in [5, 5.41) is 0. The summed E-state index contributed by atoms with van der Waals surface area (Å²) in [5.74, 6) is 0. The van der Waals surface area contributed by atoms with E-state index in [1.165, 1.54) is 7.98 Å². The van der Waals surface area contributed by atoms with Gasteiger partial charge in [0, 0.05) is 0 Å². The van der Waals surface area contributed by atoms with Crippen LogP contribution < -0.4 is 0 Å². The number of rotatable bonds is 9. The molecular weight excluding hydrogens is 393 g/mol. The van der Waals surface area contributed by atoms with Gasteiger partial charge in [-0.1, -0.05) is 0 Å². The standard InChI is InChI=1S/C6H16B2NO12P3/c1-4-2-5(19-8-9-7)6(18-4)3-17-23(13,14)21-24(15,16)20-22(10,11)12/h4-6H,2-3,7H2,1H3,(H,13,14)(H,15,16)(H2,10,11,12)/t4-,5+,6+/m0/s1. The van der Waals surface area contributed by atoms with Gasteiger partial charge in [0.25, 0.3) is 0 Å². The molecule has 0 spiro atoms. The van der Waals surface area contributed by atoms with Gasteiger partial charge in [-0.25, -0.2) is 0 Å². The molecule has 1 rings (SSSR count). The van der Waals surface area contributed by atoms with Crippen molar-refractivity contribution in [2.75, 3.05) is 6.61 Å². The molecule has 0 saturated carbocycles. The van der Waals surface area contributed by atoms with E-state index in [0.29, 0.717) is 6.42 Å². The van der Waals surface area contributed by atoms with Gasteiger partial charge in [-0.3, -0.25) is 0 Å². The maximum absolute atomic E-state index is 11.6. The normalized spacial score (nSPS) is 29.8. The summed E-state index contributed by atoms with van der Waals surface area (Å²) in [6.07, 6.45) is -1.15. The molecule has 0 amide bonds. The molecule has 1 aliphatic heterocycles. The molecule has 0 aromatic rings. The number of ether oxygens (including phenoxy) is 1. The van der Waals surface area contributed by atoms with Crippen LogP contribution in [-0.4, -0.2) is 59.7 Å². The third kappa shape index (κ3) is 8.46. The van der Waals surface area contributed by atoms with Crippen molar-refractivity contribution >= 4 is 38.7 Å². The monoisotopic (exact) mass is 409 g/mol. The molecule has 0 bridgehead atoms. The van der Waals surface area contributed by atoms with Crippen LogP contribution in [0.4, 0.5) is 0 Å². The first-order valence-electron chi connectivity index (χ1n) is 6.33. The van der Waals surface area contributed by atoms with Crippen LogP contribution >= 0.6 is 23.5 Å². The van der Waals surface area contributed by atoms with Gasteiger partial charge >= 0.3 is 138 Å². The van der Waals surface area contributed by atoms with Gasteiger partial charge in [0.2, 0.25) is 0 Å². The van der Waals surface area contributed by atoms with Crippen LogP contribution in [0.25, 0.3) is 0 Å². The minimum absolute atomic E-state index is 0.241. The topological polar surface area (TPSA) is 191 Å². The summed E-state index contributed by atoms with van der Waals surface area (Å²) < 4.78 is 55.6. The summed E-state index contributed by atoms with van der Waals surface area (Å²) in [6, 6.07) is 0. The Morgan fingerprint density at radius 3 is 2.38 bits per heavy atom. The Bertz CT molecular complexity index is 595. The van der Waals surface area contributed by atoms with Crippen LogP contribution in [-0.2, 0) is 36.2 Å². The zero-order valence-electron chi connectivity index (χ0n) is 12.6. The van der Waals surface area contributed by atoms with Gasteiger partial charge in [0.05, 0.1) is 0 Å². The molecule has 0 radical (unpaired) electrons. The third-order valence-electron chi connectivity index (χ3n) is 2.54. The Balaban J connectivity index is 2.62. The summed E-state index contributed by atoms with van der Waals surface area (Å²) in [7, 11) is -13.5. The quantitative estimate of drug-likeness (QED) is 0.276. The molecule has 4 N–H and O–H groups in total. The fourth-order valence-electron chi connectivity index (χ4n) is 1.82. The molecule has 5 atom stereocenters. The number of nitrogens with zero attached hydrogens (tertiary/aromatic N) is 1. The Morgan fingerprint density at radius 2 is 1.83 bits per heavy atom. The molecule has 0 aromatic carbocycles. The van der Waals surface area contributed by atoms with Crippen LogP contribution in [0.2, 0.25) is 0 Å². The predicted molar refractivity (Wildman–Crippen MR) is 80.4 cm³/mol. The molecule has 18 heteroatoms. The molecule has 138 valence electrons. The molecule has 24 heavy (non-hydrogen) atoms. The summed E-state index contributed by atoms with van der Waals surface area (Å²) in [4.78, 5) is 38.8. The molecule has 0 aliphatic carbocycles. The molecule has 1 saturated heterocycles. The van der Waals surface area contributed by atoms with Crippen LogP contribution in [0.3, 0.4) is 0 Å². The number of phosphoric acid groups is 3. The Morgan fingerprint density at radius 1 is 1.21 bits per heavy atom. The third-order valence-corrected chi connectivity index (χ3v) is 6.35. The number of hydrogen-bond donors (Lipinski definition) is 4. The summed E-state index contributed by atoms with van der Waals surface area (Å²) >= 11 is 0. The molecule has 1 aliphatic rings. The fraction of sp³-hybridized carbons (Fsp3) is 1.00. The van der Waals surface area contributed by atoms with Crippen molar-refractivity contribution in [3.05, 3.63) is 0 Å². The first kappa shape index (κ1) is 22.1. The molecular formula is C6H16B2NO12P3. The Labute approximate surface area is 138 Å². The molecule has 1 fully saturated rings. The zero-order valence-corrected chi connectivity index (χ0v) is 15.3. The van der Waals surface area contributed by atoms with E-state index >= 15 is 0 Å². The van der Waals surface area contributed by atoms with Gasteiger partial charge in [-0.2, -0.15) is 0 Å². The maximum atomic E-state index is 11.6. The zero-order chi connectivity index (χ0) is 18.6. The van der Waals surface area contributed by atoms with Crippen molar-refractivity contribution < 1.29 is 55.8 Å². The fourth-order valence-corrected chi connectivity index (χ4v) is 4.85. The second-order valence-corrected chi connectivity index (χ2v) is 9.07. The van der Waals surface area contributed by atoms with Crippen molar-refractivity contribution in [3.8, 4) is 0 Å². The van der Waals surface area contributed by atoms with E-state index in [2.05, 4.69) is 18.0 Å². The van der Waals surface area contributed by atoms with Crippen molar-refractivity contribution in [1.82, 2.24) is 0 Å². The van der Waals surface area contributed by atoms with E-state index in [-0.39, 0.29) is 6.10 Å². The van der Waals surface area contributed by atoms with Gasteiger partial charge in [0.1, 0.15) is 0 Å². The first-order valence-corrected chi connectivity index (χ1v) is 10.9. The number of hydrogen-bond acceptors (Lipinski definition) is 9. The van der Waals surface area contributed by atoms with Crippen LogP contribution in [0, 0.1) is 0 Å². The number of phosphoric ester groups is 1.